The predicted molar refractivity (Wildman–Crippen MR) is 74.6 cm³/mol. The fourth-order valence-electron chi connectivity index (χ4n) is 3.10. The summed E-state index contributed by atoms with van der Waals surface area (Å²) in [4.78, 5) is 0. The van der Waals surface area contributed by atoms with E-state index >= 15 is 0 Å². The van der Waals surface area contributed by atoms with Crippen molar-refractivity contribution in [3.63, 3.8) is 0 Å². The molecule has 2 fully saturated rings. The van der Waals surface area contributed by atoms with Crippen molar-refractivity contribution in [1.82, 2.24) is 3.11 Å². The molecular formula is C13H22ILrN-2. The second-order valence-corrected chi connectivity index (χ2v) is 6.34. The van der Waals surface area contributed by atoms with Crippen LogP contribution in [0.5, 0.6) is 0 Å². The number of nitrogens with zero attached hydrogens (tertiary/aromatic N) is 1. The van der Waals surface area contributed by atoms with Gasteiger partial charge < -0.3 is 12.5 Å². The van der Waals surface area contributed by atoms with Crippen molar-refractivity contribution in [2.75, 3.05) is 13.1 Å². The first kappa shape index (κ1) is 15.4. The van der Waals surface area contributed by atoms with E-state index in [4.69, 9.17) is 0 Å². The van der Waals surface area contributed by atoms with Crippen molar-refractivity contribution in [1.29, 1.82) is 0 Å². The molecule has 2 aliphatic rings. The molecule has 0 unspecified atom stereocenters. The molecule has 1 spiro atoms. The van der Waals surface area contributed by atoms with Gasteiger partial charge in [-0.3, -0.25) is 9.69 Å². The molecule has 1 aliphatic heterocycles. The second-order valence-electron chi connectivity index (χ2n) is 4.97. The van der Waals surface area contributed by atoms with Gasteiger partial charge in [0.25, 0.3) is 0 Å². The Kier molecular flexibility index (Phi) is 6.65. The van der Waals surface area contributed by atoms with Crippen LogP contribution in [0.1, 0.15) is 45.4 Å². The smallest absolute Gasteiger partial charge is 0.0175 e. The fraction of sp³-hybridized carbons (Fsp3) is 0.769. The van der Waals surface area contributed by atoms with Crippen LogP contribution in [0.25, 0.3) is 0 Å². The molecule has 1 radical (unpaired) electrons. The Balaban J connectivity index is 0.000000711. The van der Waals surface area contributed by atoms with Crippen LogP contribution < -0.4 is 0 Å². The van der Waals surface area contributed by atoms with E-state index in [2.05, 4.69) is 46.1 Å². The van der Waals surface area contributed by atoms with E-state index in [9.17, 15) is 0 Å². The molecule has 2 rings (SSSR count). The van der Waals surface area contributed by atoms with Crippen LogP contribution in [0.15, 0.2) is 6.58 Å². The van der Waals surface area contributed by atoms with E-state index in [1.165, 1.54) is 51.6 Å². The zero-order chi connectivity index (χ0) is 11.3. The molecule has 0 aromatic rings. The average Bonchev–Trinajstić information content (AvgIpc) is 2.19. The Bertz CT molecular complexity index is 180. The molecule has 0 aromatic heterocycles. The van der Waals surface area contributed by atoms with Crippen molar-refractivity contribution in [3.8, 4) is 0 Å². The maximum absolute atomic E-state index is 4.25. The van der Waals surface area contributed by atoms with Crippen LogP contribution in [0.2, 0.25) is 0 Å². The van der Waals surface area contributed by atoms with E-state index in [-0.39, 0.29) is 0 Å². The molecule has 0 N–H and O–H groups in total. The Morgan fingerprint density at radius 3 is 2.31 bits per heavy atom. The zero-order valence-electron chi connectivity index (χ0n) is 10.0. The van der Waals surface area contributed by atoms with Crippen LogP contribution in [0.3, 0.4) is 0 Å². The Morgan fingerprint density at radius 2 is 1.81 bits per heavy atom. The Morgan fingerprint density at radius 1 is 1.25 bits per heavy atom. The molecule has 0 bridgehead atoms. The normalized spacial score (nSPS) is 25.4. The Hall–Kier alpha value is -0.570. The summed E-state index contributed by atoms with van der Waals surface area (Å²) in [7, 11) is 0. The van der Waals surface area contributed by atoms with Crippen LogP contribution >= 0.6 is 22.9 Å². The van der Waals surface area contributed by atoms with Crippen LogP contribution in [-0.2, 0) is 0 Å². The van der Waals surface area contributed by atoms with E-state index in [0.717, 1.165) is 0 Å². The number of hydrogen-bond donors (Lipinski definition) is 0. The summed E-state index contributed by atoms with van der Waals surface area (Å²) in [6.45, 7) is 11.9. The maximum Gasteiger partial charge on any atom is 0.0175 e. The molecule has 0 aromatic carbocycles. The minimum absolute atomic E-state index is 0. The third kappa shape index (κ3) is 3.78. The first-order valence-electron chi connectivity index (χ1n) is 5.83. The van der Waals surface area contributed by atoms with E-state index in [1.807, 2.05) is 0 Å². The summed E-state index contributed by atoms with van der Waals surface area (Å²) >= 11 is 2.50. The van der Waals surface area contributed by atoms with E-state index < -0.39 is 0 Å². The van der Waals surface area contributed by atoms with Crippen molar-refractivity contribution in [3.05, 3.63) is 19.1 Å². The zero-order valence-corrected chi connectivity index (χ0v) is 14.3. The molecule has 0 amide bonds. The molecule has 0 atom stereocenters. The van der Waals surface area contributed by atoms with Crippen molar-refractivity contribution >= 4 is 22.9 Å². The minimum atomic E-state index is 0. The summed E-state index contributed by atoms with van der Waals surface area (Å²) in [6, 6.07) is 0. The molecule has 1 saturated heterocycles. The van der Waals surface area contributed by atoms with Gasteiger partial charge in [-0.1, -0.05) is 19.3 Å². The van der Waals surface area contributed by atoms with Crippen molar-refractivity contribution in [2.24, 2.45) is 5.41 Å². The number of rotatable bonds is 0. The minimum Gasteiger partial charge on any atom is -0.521 e. The molecule has 1 saturated carbocycles. The molecular weight excluding hydrogens is 559 g/mol. The van der Waals surface area contributed by atoms with Gasteiger partial charge in [-0.15, -0.1) is 6.54 Å². The fourth-order valence-corrected chi connectivity index (χ4v) is 4.41. The third-order valence-corrected chi connectivity index (χ3v) is 4.22. The van der Waals surface area contributed by atoms with Gasteiger partial charge in [0.15, 0.2) is 0 Å². The second kappa shape index (κ2) is 6.89. The number of halogens is 1. The SMILES string of the molecule is C[C-]1CN(I)CC2(CCCCC2)C1.[CH-]=C.[Lr]. The average molecular weight is 581 g/mol. The monoisotopic (exact) mass is 581 g/mol. The van der Waals surface area contributed by atoms with Crippen molar-refractivity contribution in [2.45, 2.75) is 45.4 Å². The first-order valence-corrected chi connectivity index (χ1v) is 6.80. The van der Waals surface area contributed by atoms with E-state index in [0.29, 0.717) is 5.41 Å². The standard InChI is InChI=1S/C11H19IN.C2H3.Lr/c1-10-7-11(9-13(12)8-10)5-3-2-4-6-11;1-2;/h2-9H2,1H3;1H,2H2;/q2*-1;. The molecule has 1 aliphatic carbocycles. The topological polar surface area (TPSA) is 3.24 Å². The van der Waals surface area contributed by atoms with Gasteiger partial charge in [0.1, 0.15) is 0 Å². The third-order valence-electron chi connectivity index (χ3n) is 3.54. The number of piperidine rings is 1. The van der Waals surface area contributed by atoms with Gasteiger partial charge >= 0.3 is 0 Å². The molecule has 3 heteroatoms. The van der Waals surface area contributed by atoms with Gasteiger partial charge in [-0.25, -0.2) is 0 Å². The van der Waals surface area contributed by atoms with Crippen LogP contribution in [-0.4, -0.2) is 16.2 Å². The molecule has 103 valence electrons. The predicted octanol–water partition coefficient (Wildman–Crippen LogP) is 4.19. The Labute approximate surface area is 109 Å². The molecule has 16 heavy (non-hydrogen) atoms. The van der Waals surface area contributed by atoms with E-state index in [1.54, 1.807) is 5.92 Å². The summed E-state index contributed by atoms with van der Waals surface area (Å²) < 4.78 is 2.49. The van der Waals surface area contributed by atoms with Crippen molar-refractivity contribution < 1.29 is 0 Å². The maximum atomic E-state index is 4.25. The van der Waals surface area contributed by atoms with Gasteiger partial charge in [0, 0.05) is 29.4 Å². The van der Waals surface area contributed by atoms with Gasteiger partial charge in [0.2, 0.25) is 0 Å². The van der Waals surface area contributed by atoms with Crippen LogP contribution in [0, 0.1) is 17.9 Å². The number of hydrogen-bond acceptors (Lipinski definition) is 1. The summed E-state index contributed by atoms with van der Waals surface area (Å²) in [5, 5.41) is 0. The largest absolute Gasteiger partial charge is 0.521 e. The molecule has 1 nitrogen and oxygen atoms in total. The van der Waals surface area contributed by atoms with Gasteiger partial charge in [-0.05, 0) is 18.3 Å². The summed E-state index contributed by atoms with van der Waals surface area (Å²) in [5.41, 5.74) is 0.682. The van der Waals surface area contributed by atoms with Crippen LogP contribution in [0.4, 0.5) is 0 Å². The van der Waals surface area contributed by atoms with Gasteiger partial charge in [-0.2, -0.15) is 13.3 Å². The molecule has 1 heterocycles. The van der Waals surface area contributed by atoms with Gasteiger partial charge in [0.05, 0.1) is 0 Å². The summed E-state index contributed by atoms with van der Waals surface area (Å²) in [6.07, 6.45) is 8.78. The quantitative estimate of drug-likeness (QED) is 0.236. The first-order chi connectivity index (χ1) is 7.20. The summed E-state index contributed by atoms with van der Waals surface area (Å²) in [5.74, 6) is 1.70.